The number of ether oxygens (including phenoxy) is 1. The van der Waals surface area contributed by atoms with Crippen LogP contribution < -0.4 is 0 Å². The lowest BCUT2D eigenvalue weighted by atomic mass is 9.85. The first-order valence-electron chi connectivity index (χ1n) is 5.27. The van der Waals surface area contributed by atoms with Crippen LogP contribution >= 0.6 is 11.6 Å². The molecule has 0 fully saturated rings. The molecular formula is C12H8ClF3O3. The van der Waals surface area contributed by atoms with Crippen LogP contribution in [-0.4, -0.2) is 23.5 Å². The molecule has 1 aromatic carbocycles. The van der Waals surface area contributed by atoms with Crippen LogP contribution in [0.15, 0.2) is 18.2 Å². The lowest BCUT2D eigenvalue weighted by Crippen LogP contribution is -2.58. The van der Waals surface area contributed by atoms with Crippen molar-refractivity contribution in [2.24, 2.45) is 0 Å². The normalized spacial score (nSPS) is 22.7. The van der Waals surface area contributed by atoms with Gasteiger partial charge in [-0.2, -0.15) is 13.2 Å². The van der Waals surface area contributed by atoms with Crippen molar-refractivity contribution in [3.63, 3.8) is 0 Å². The van der Waals surface area contributed by atoms with Gasteiger partial charge in [-0.1, -0.05) is 17.7 Å². The standard InChI is InChI=1S/C12H8ClF3O3/c1-6(17)11(12(14,15)16)5-8-7(10(18)19-11)3-2-4-9(8)13/h2-4H,5H2,1H3. The average molecular weight is 293 g/mol. The van der Waals surface area contributed by atoms with E-state index in [2.05, 4.69) is 4.74 Å². The molecule has 1 aliphatic heterocycles. The molecule has 0 bridgehead atoms. The molecule has 0 saturated heterocycles. The van der Waals surface area contributed by atoms with Crippen LogP contribution in [0, 0.1) is 0 Å². The summed E-state index contributed by atoms with van der Waals surface area (Å²) in [6, 6.07) is 4.10. The molecule has 1 aromatic rings. The van der Waals surface area contributed by atoms with Gasteiger partial charge in [-0.3, -0.25) is 4.79 Å². The van der Waals surface area contributed by atoms with E-state index in [4.69, 9.17) is 11.6 Å². The van der Waals surface area contributed by atoms with Crippen molar-refractivity contribution < 1.29 is 27.5 Å². The Morgan fingerprint density at radius 2 is 2.05 bits per heavy atom. The number of carbonyl (C=O) groups excluding carboxylic acids is 2. The summed E-state index contributed by atoms with van der Waals surface area (Å²) in [7, 11) is 0. The zero-order valence-corrected chi connectivity index (χ0v) is 10.4. The highest BCUT2D eigenvalue weighted by atomic mass is 35.5. The van der Waals surface area contributed by atoms with E-state index < -0.39 is 30.0 Å². The summed E-state index contributed by atoms with van der Waals surface area (Å²) in [5.41, 5.74) is -3.22. The molecule has 102 valence electrons. The molecule has 0 aliphatic carbocycles. The van der Waals surface area contributed by atoms with Crippen LogP contribution in [0.2, 0.25) is 5.02 Å². The summed E-state index contributed by atoms with van der Waals surface area (Å²) in [5.74, 6) is -2.48. The smallest absolute Gasteiger partial charge is 0.436 e. The number of fused-ring (bicyclic) bond motifs is 1. The van der Waals surface area contributed by atoms with Gasteiger partial charge < -0.3 is 4.74 Å². The van der Waals surface area contributed by atoms with Gasteiger partial charge in [-0.25, -0.2) is 4.79 Å². The molecule has 1 atom stereocenters. The van der Waals surface area contributed by atoms with Crippen LogP contribution in [0.5, 0.6) is 0 Å². The van der Waals surface area contributed by atoms with E-state index in [0.717, 1.165) is 6.92 Å². The summed E-state index contributed by atoms with van der Waals surface area (Å²) in [6.45, 7) is 0.739. The van der Waals surface area contributed by atoms with E-state index in [9.17, 15) is 22.8 Å². The first kappa shape index (κ1) is 13.9. The first-order valence-corrected chi connectivity index (χ1v) is 5.65. The zero-order valence-electron chi connectivity index (χ0n) is 9.68. The number of carbonyl (C=O) groups is 2. The predicted molar refractivity (Wildman–Crippen MR) is 60.0 cm³/mol. The quantitative estimate of drug-likeness (QED) is 0.748. The van der Waals surface area contributed by atoms with Gasteiger partial charge in [0.25, 0.3) is 5.60 Å². The molecule has 0 amide bonds. The molecule has 0 spiro atoms. The molecule has 19 heavy (non-hydrogen) atoms. The Morgan fingerprint density at radius 3 is 2.58 bits per heavy atom. The third-order valence-corrected chi connectivity index (χ3v) is 3.41. The summed E-state index contributed by atoms with van der Waals surface area (Å²) in [6.07, 6.45) is -5.79. The number of benzene rings is 1. The molecular weight excluding hydrogens is 285 g/mol. The van der Waals surface area contributed by atoms with Gasteiger partial charge in [0.1, 0.15) is 0 Å². The van der Waals surface area contributed by atoms with Crippen molar-refractivity contribution in [3.8, 4) is 0 Å². The molecule has 1 heterocycles. The molecule has 0 saturated carbocycles. The number of ketones is 1. The molecule has 7 heteroatoms. The fourth-order valence-electron chi connectivity index (χ4n) is 1.98. The van der Waals surface area contributed by atoms with Crippen molar-refractivity contribution in [2.45, 2.75) is 25.1 Å². The van der Waals surface area contributed by atoms with Gasteiger partial charge in [0, 0.05) is 11.4 Å². The topological polar surface area (TPSA) is 43.4 Å². The molecule has 3 nitrogen and oxygen atoms in total. The maximum absolute atomic E-state index is 13.1. The number of alkyl halides is 3. The van der Waals surface area contributed by atoms with Gasteiger partial charge in [0.15, 0.2) is 5.78 Å². The van der Waals surface area contributed by atoms with Gasteiger partial charge in [-0.15, -0.1) is 0 Å². The number of hydrogen-bond acceptors (Lipinski definition) is 3. The second-order valence-corrected chi connectivity index (χ2v) is 4.62. The van der Waals surface area contributed by atoms with Gasteiger partial charge in [0.2, 0.25) is 0 Å². The number of hydrogen-bond donors (Lipinski definition) is 0. The lowest BCUT2D eigenvalue weighted by Gasteiger charge is -2.36. The maximum Gasteiger partial charge on any atom is 0.436 e. The van der Waals surface area contributed by atoms with E-state index in [1.165, 1.54) is 18.2 Å². The fraction of sp³-hybridized carbons (Fsp3) is 0.333. The molecule has 1 aliphatic rings. The van der Waals surface area contributed by atoms with Gasteiger partial charge in [-0.05, 0) is 24.6 Å². The van der Waals surface area contributed by atoms with Gasteiger partial charge >= 0.3 is 12.1 Å². The second-order valence-electron chi connectivity index (χ2n) is 4.21. The summed E-state index contributed by atoms with van der Waals surface area (Å²) < 4.78 is 43.7. The highest BCUT2D eigenvalue weighted by Gasteiger charge is 2.64. The monoisotopic (exact) mass is 292 g/mol. The Labute approximate surface area is 111 Å². The minimum Gasteiger partial charge on any atom is -0.437 e. The Bertz CT molecular complexity index is 568. The molecule has 0 aromatic heterocycles. The van der Waals surface area contributed by atoms with Crippen LogP contribution in [0.4, 0.5) is 13.2 Å². The SMILES string of the molecule is CC(=O)C1(C(F)(F)F)Cc2c(Cl)cccc2C(=O)O1. The van der Waals surface area contributed by atoms with E-state index in [1.54, 1.807) is 0 Å². The number of esters is 1. The minimum absolute atomic E-state index is 0.00373. The van der Waals surface area contributed by atoms with E-state index in [1.807, 2.05) is 0 Å². The molecule has 0 radical (unpaired) electrons. The number of cyclic esters (lactones) is 1. The molecule has 2 rings (SSSR count). The van der Waals surface area contributed by atoms with Crippen LogP contribution in [0.3, 0.4) is 0 Å². The largest absolute Gasteiger partial charge is 0.437 e. The van der Waals surface area contributed by atoms with E-state index in [0.29, 0.717) is 0 Å². The van der Waals surface area contributed by atoms with Crippen LogP contribution in [-0.2, 0) is 16.0 Å². The van der Waals surface area contributed by atoms with E-state index in [-0.39, 0.29) is 16.1 Å². The van der Waals surface area contributed by atoms with Crippen molar-refractivity contribution in [1.29, 1.82) is 0 Å². The third kappa shape index (κ3) is 2.00. The van der Waals surface area contributed by atoms with Crippen LogP contribution in [0.1, 0.15) is 22.8 Å². The van der Waals surface area contributed by atoms with Crippen molar-refractivity contribution >= 4 is 23.4 Å². The predicted octanol–water partition coefficient (Wildman–Crippen LogP) is 2.94. The Morgan fingerprint density at radius 1 is 1.42 bits per heavy atom. The van der Waals surface area contributed by atoms with Crippen molar-refractivity contribution in [2.75, 3.05) is 0 Å². The molecule has 1 unspecified atom stereocenters. The summed E-state index contributed by atoms with van der Waals surface area (Å²) in [5, 5.41) is 0.00373. The average Bonchev–Trinajstić information content (AvgIpc) is 2.28. The molecule has 0 N–H and O–H groups in total. The minimum atomic E-state index is -4.99. The van der Waals surface area contributed by atoms with E-state index >= 15 is 0 Å². The van der Waals surface area contributed by atoms with Crippen LogP contribution in [0.25, 0.3) is 0 Å². The van der Waals surface area contributed by atoms with Crippen molar-refractivity contribution in [1.82, 2.24) is 0 Å². The highest BCUT2D eigenvalue weighted by molar-refractivity contribution is 6.32. The summed E-state index contributed by atoms with van der Waals surface area (Å²) in [4.78, 5) is 23.1. The van der Waals surface area contributed by atoms with Crippen molar-refractivity contribution in [3.05, 3.63) is 34.3 Å². The Hall–Kier alpha value is -1.56. The second kappa shape index (κ2) is 4.23. The fourth-order valence-corrected chi connectivity index (χ4v) is 2.22. The number of halogens is 4. The maximum atomic E-state index is 13.1. The first-order chi connectivity index (χ1) is 8.69. The Balaban J connectivity index is 2.64. The lowest BCUT2D eigenvalue weighted by molar-refractivity contribution is -0.250. The Kier molecular flexibility index (Phi) is 3.09. The number of rotatable bonds is 1. The zero-order chi connectivity index (χ0) is 14.4. The highest BCUT2D eigenvalue weighted by Crippen LogP contribution is 2.43. The van der Waals surface area contributed by atoms with Gasteiger partial charge in [0.05, 0.1) is 5.56 Å². The number of Topliss-reactive ketones (excluding diaryl/α,β-unsaturated/α-hetero) is 1. The summed E-state index contributed by atoms with van der Waals surface area (Å²) >= 11 is 5.80. The third-order valence-electron chi connectivity index (χ3n) is 3.06.